The van der Waals surface area contributed by atoms with E-state index in [9.17, 15) is 0 Å². The van der Waals surface area contributed by atoms with E-state index in [-0.39, 0.29) is 0 Å². The fourth-order valence-corrected chi connectivity index (χ4v) is 5.23. The zero-order valence-corrected chi connectivity index (χ0v) is 13.7. The summed E-state index contributed by atoms with van der Waals surface area (Å²) in [5.41, 5.74) is 4.42. The molecule has 0 aliphatic carbocycles. The highest BCUT2D eigenvalue weighted by Crippen LogP contribution is 2.35. The molecule has 2 aromatic rings. The van der Waals surface area contributed by atoms with Crippen LogP contribution in [0.4, 0.5) is 0 Å². The third kappa shape index (κ3) is 2.95. The molecule has 3 heteroatoms. The van der Waals surface area contributed by atoms with Crippen molar-refractivity contribution in [3.05, 3.63) is 56.8 Å². The molecule has 1 atom stereocenters. The average molecular weight is 303 g/mol. The Morgan fingerprint density at radius 3 is 2.90 bits per heavy atom. The number of thioether (sulfide) groups is 1. The molecule has 1 aromatic carbocycles. The molecular formula is C17H21NS2. The summed E-state index contributed by atoms with van der Waals surface area (Å²) in [4.78, 5) is 3.12. The Balaban J connectivity index is 1.83. The third-order valence-corrected chi connectivity index (χ3v) is 6.38. The lowest BCUT2D eigenvalue weighted by Gasteiger charge is -2.16. The van der Waals surface area contributed by atoms with Crippen molar-refractivity contribution in [2.45, 2.75) is 31.6 Å². The fourth-order valence-electron chi connectivity index (χ4n) is 2.75. The topological polar surface area (TPSA) is 12.0 Å². The van der Waals surface area contributed by atoms with Gasteiger partial charge in [-0.1, -0.05) is 24.3 Å². The standard InChI is InChI=1S/C17H21NS2/c1-12-5-3-4-6-13(12)9-15(18-2)17-10-14-11-19-8-7-16(14)20-17/h3-6,10,15,18H,7-9,11H2,1-2H3. The molecule has 1 nitrogen and oxygen atoms in total. The first-order chi connectivity index (χ1) is 9.78. The van der Waals surface area contributed by atoms with Crippen molar-refractivity contribution in [1.29, 1.82) is 0 Å². The van der Waals surface area contributed by atoms with E-state index in [1.165, 1.54) is 33.9 Å². The number of likely N-dealkylation sites (N-methyl/N-ethyl adjacent to an activating group) is 1. The first-order valence-corrected chi connectivity index (χ1v) is 9.16. The zero-order chi connectivity index (χ0) is 13.9. The largest absolute Gasteiger partial charge is 0.312 e. The van der Waals surface area contributed by atoms with Crippen LogP contribution in [0.3, 0.4) is 0 Å². The number of aryl methyl sites for hydroxylation is 2. The molecule has 0 saturated carbocycles. The van der Waals surface area contributed by atoms with Crippen LogP contribution in [0.5, 0.6) is 0 Å². The molecule has 0 saturated heterocycles. The molecule has 0 amide bonds. The van der Waals surface area contributed by atoms with Gasteiger partial charge in [0, 0.05) is 21.5 Å². The highest BCUT2D eigenvalue weighted by Gasteiger charge is 2.19. The van der Waals surface area contributed by atoms with Crippen molar-refractivity contribution >= 4 is 23.1 Å². The Kier molecular flexibility index (Phi) is 4.49. The lowest BCUT2D eigenvalue weighted by molar-refractivity contribution is 0.600. The van der Waals surface area contributed by atoms with Crippen LogP contribution in [-0.2, 0) is 18.6 Å². The first kappa shape index (κ1) is 14.2. The Morgan fingerprint density at radius 1 is 1.30 bits per heavy atom. The summed E-state index contributed by atoms with van der Waals surface area (Å²) in [7, 11) is 2.08. The molecule has 20 heavy (non-hydrogen) atoms. The van der Waals surface area contributed by atoms with Crippen molar-refractivity contribution in [2.24, 2.45) is 0 Å². The molecule has 1 aliphatic rings. The minimum atomic E-state index is 0.441. The number of benzene rings is 1. The normalized spacial score (nSPS) is 15.9. The summed E-state index contributed by atoms with van der Waals surface area (Å²) < 4.78 is 0. The number of nitrogens with one attached hydrogen (secondary N) is 1. The molecule has 0 bridgehead atoms. The van der Waals surface area contributed by atoms with Gasteiger partial charge in [-0.3, -0.25) is 0 Å². The Bertz CT molecular complexity index is 565. The van der Waals surface area contributed by atoms with Gasteiger partial charge in [-0.25, -0.2) is 0 Å². The highest BCUT2D eigenvalue weighted by atomic mass is 32.2. The molecule has 1 aliphatic heterocycles. The monoisotopic (exact) mass is 303 g/mol. The maximum absolute atomic E-state index is 3.51. The van der Waals surface area contributed by atoms with Crippen molar-refractivity contribution in [2.75, 3.05) is 12.8 Å². The summed E-state index contributed by atoms with van der Waals surface area (Å²) in [5, 5.41) is 3.51. The number of thiophene rings is 1. The lowest BCUT2D eigenvalue weighted by atomic mass is 10.00. The van der Waals surface area contributed by atoms with Crippen LogP contribution in [0.15, 0.2) is 30.3 Å². The highest BCUT2D eigenvalue weighted by molar-refractivity contribution is 7.98. The van der Waals surface area contributed by atoms with E-state index in [0.29, 0.717) is 6.04 Å². The van der Waals surface area contributed by atoms with E-state index in [4.69, 9.17) is 0 Å². The minimum absolute atomic E-state index is 0.441. The molecule has 1 N–H and O–H groups in total. The van der Waals surface area contributed by atoms with E-state index in [1.807, 2.05) is 11.3 Å². The van der Waals surface area contributed by atoms with Gasteiger partial charge in [-0.15, -0.1) is 11.3 Å². The van der Waals surface area contributed by atoms with E-state index < -0.39 is 0 Å². The first-order valence-electron chi connectivity index (χ1n) is 7.19. The molecule has 2 heterocycles. The Morgan fingerprint density at radius 2 is 2.15 bits per heavy atom. The number of hydrogen-bond donors (Lipinski definition) is 1. The second-order valence-electron chi connectivity index (χ2n) is 5.37. The van der Waals surface area contributed by atoms with Gasteiger partial charge in [0.2, 0.25) is 0 Å². The number of hydrogen-bond acceptors (Lipinski definition) is 3. The molecule has 1 aromatic heterocycles. The lowest BCUT2D eigenvalue weighted by Crippen LogP contribution is -2.18. The SMILES string of the molecule is CNC(Cc1ccccc1C)c1cc2c(s1)CCSC2. The zero-order valence-electron chi connectivity index (χ0n) is 12.1. The van der Waals surface area contributed by atoms with Gasteiger partial charge in [-0.2, -0.15) is 11.8 Å². The van der Waals surface area contributed by atoms with Gasteiger partial charge in [0.1, 0.15) is 0 Å². The molecule has 106 valence electrons. The summed E-state index contributed by atoms with van der Waals surface area (Å²) >= 11 is 4.08. The summed E-state index contributed by atoms with van der Waals surface area (Å²) in [6.45, 7) is 2.21. The minimum Gasteiger partial charge on any atom is -0.312 e. The van der Waals surface area contributed by atoms with Gasteiger partial charge < -0.3 is 5.32 Å². The fraction of sp³-hybridized carbons (Fsp3) is 0.412. The quantitative estimate of drug-likeness (QED) is 0.901. The maximum Gasteiger partial charge on any atom is 0.0453 e. The Labute approximate surface area is 129 Å². The predicted octanol–water partition coefficient (Wildman–Crippen LogP) is 4.35. The summed E-state index contributed by atoms with van der Waals surface area (Å²) in [6.07, 6.45) is 2.33. The van der Waals surface area contributed by atoms with Gasteiger partial charge in [0.25, 0.3) is 0 Å². The third-order valence-electron chi connectivity index (χ3n) is 4.02. The van der Waals surface area contributed by atoms with E-state index in [2.05, 4.69) is 61.4 Å². The van der Waals surface area contributed by atoms with Crippen molar-refractivity contribution in [3.63, 3.8) is 0 Å². The van der Waals surface area contributed by atoms with Crippen molar-refractivity contribution in [3.8, 4) is 0 Å². The Hall–Kier alpha value is -0.770. The second-order valence-corrected chi connectivity index (χ2v) is 7.65. The second kappa shape index (κ2) is 6.33. The smallest absolute Gasteiger partial charge is 0.0453 e. The van der Waals surface area contributed by atoms with Crippen molar-refractivity contribution < 1.29 is 0 Å². The summed E-state index contributed by atoms with van der Waals surface area (Å²) in [5.74, 6) is 2.49. The van der Waals surface area contributed by atoms with Crippen molar-refractivity contribution in [1.82, 2.24) is 5.32 Å². The average Bonchev–Trinajstić information content (AvgIpc) is 2.90. The van der Waals surface area contributed by atoms with E-state index >= 15 is 0 Å². The summed E-state index contributed by atoms with van der Waals surface area (Å²) in [6, 6.07) is 11.6. The molecule has 1 unspecified atom stereocenters. The predicted molar refractivity (Wildman–Crippen MR) is 90.9 cm³/mol. The van der Waals surface area contributed by atoms with Gasteiger partial charge >= 0.3 is 0 Å². The van der Waals surface area contributed by atoms with Gasteiger partial charge in [0.05, 0.1) is 0 Å². The molecule has 0 spiro atoms. The molecule has 0 fully saturated rings. The van der Waals surface area contributed by atoms with Gasteiger partial charge in [-0.05, 0) is 55.3 Å². The van der Waals surface area contributed by atoms with Crippen LogP contribution < -0.4 is 5.32 Å². The van der Waals surface area contributed by atoms with Crippen LogP contribution in [-0.4, -0.2) is 12.8 Å². The van der Waals surface area contributed by atoms with Crippen LogP contribution in [0.2, 0.25) is 0 Å². The number of rotatable bonds is 4. The molecular weight excluding hydrogens is 282 g/mol. The molecule has 3 rings (SSSR count). The van der Waals surface area contributed by atoms with Crippen LogP contribution in [0.25, 0.3) is 0 Å². The van der Waals surface area contributed by atoms with E-state index in [1.54, 1.807) is 10.4 Å². The van der Waals surface area contributed by atoms with E-state index in [0.717, 1.165) is 6.42 Å². The van der Waals surface area contributed by atoms with Crippen LogP contribution >= 0.6 is 23.1 Å². The number of fused-ring (bicyclic) bond motifs is 1. The van der Waals surface area contributed by atoms with Crippen LogP contribution in [0.1, 0.15) is 32.5 Å². The molecule has 0 radical (unpaired) electrons. The maximum atomic E-state index is 3.51. The van der Waals surface area contributed by atoms with Gasteiger partial charge in [0.15, 0.2) is 0 Å². The van der Waals surface area contributed by atoms with Crippen LogP contribution in [0, 0.1) is 6.92 Å².